The van der Waals surface area contributed by atoms with Gasteiger partial charge in [-0.25, -0.2) is 0 Å². The van der Waals surface area contributed by atoms with Gasteiger partial charge >= 0.3 is 0 Å². The lowest BCUT2D eigenvalue weighted by Crippen LogP contribution is -2.03. The van der Waals surface area contributed by atoms with Crippen LogP contribution in [0.2, 0.25) is 0 Å². The van der Waals surface area contributed by atoms with Crippen molar-refractivity contribution >= 4 is 15.9 Å². The van der Waals surface area contributed by atoms with Gasteiger partial charge in [0.25, 0.3) is 0 Å². The van der Waals surface area contributed by atoms with Crippen molar-refractivity contribution in [3.63, 3.8) is 0 Å². The Labute approximate surface area is 99.7 Å². The highest BCUT2D eigenvalue weighted by Crippen LogP contribution is 2.24. The maximum Gasteiger partial charge on any atom is 0.125 e. The van der Waals surface area contributed by atoms with Gasteiger partial charge in [-0.15, -0.1) is 0 Å². The molecule has 0 aliphatic heterocycles. The van der Waals surface area contributed by atoms with E-state index in [2.05, 4.69) is 29.8 Å². The lowest BCUT2D eigenvalue weighted by Gasteiger charge is -2.10. The zero-order valence-corrected chi connectivity index (χ0v) is 11.0. The fraction of sp³-hybridized carbons (Fsp3) is 0.500. The third-order valence-corrected chi connectivity index (χ3v) is 2.45. The van der Waals surface area contributed by atoms with E-state index in [0.717, 1.165) is 22.4 Å². The molecule has 3 heteroatoms. The first-order chi connectivity index (χ1) is 7.13. The van der Waals surface area contributed by atoms with Crippen LogP contribution in [0, 0.1) is 5.92 Å². The number of benzene rings is 1. The van der Waals surface area contributed by atoms with E-state index >= 15 is 0 Å². The molecule has 2 nitrogen and oxygen atoms in total. The van der Waals surface area contributed by atoms with Gasteiger partial charge in [0.2, 0.25) is 0 Å². The highest BCUT2D eigenvalue weighted by Gasteiger charge is 2.04. The normalized spacial score (nSPS) is 10.7. The molecule has 0 spiro atoms. The molecule has 0 aliphatic rings. The molecule has 0 atom stereocenters. The lowest BCUT2D eigenvalue weighted by molar-refractivity contribution is 0.0955. The first kappa shape index (κ1) is 12.5. The summed E-state index contributed by atoms with van der Waals surface area (Å²) in [7, 11) is 1.67. The van der Waals surface area contributed by atoms with Crippen molar-refractivity contribution in [3.8, 4) is 5.75 Å². The molecule has 0 aliphatic carbocycles. The van der Waals surface area contributed by atoms with E-state index in [1.165, 1.54) is 0 Å². The van der Waals surface area contributed by atoms with Crippen LogP contribution in [0.3, 0.4) is 0 Å². The first-order valence-electron chi connectivity index (χ1n) is 5.03. The smallest absolute Gasteiger partial charge is 0.125 e. The number of methoxy groups -OCH3 is 1. The Hall–Kier alpha value is -0.540. The number of hydrogen-bond acceptors (Lipinski definition) is 2. The summed E-state index contributed by atoms with van der Waals surface area (Å²) in [5, 5.41) is 0. The molecule has 84 valence electrons. The van der Waals surface area contributed by atoms with Gasteiger partial charge in [0.1, 0.15) is 5.75 Å². The molecular formula is C12H17BrO2. The van der Waals surface area contributed by atoms with E-state index in [-0.39, 0.29) is 0 Å². The molecule has 0 amide bonds. The van der Waals surface area contributed by atoms with Crippen LogP contribution in [-0.2, 0) is 11.3 Å². The van der Waals surface area contributed by atoms with E-state index < -0.39 is 0 Å². The summed E-state index contributed by atoms with van der Waals surface area (Å²) in [5.74, 6) is 1.43. The van der Waals surface area contributed by atoms with Crippen molar-refractivity contribution in [1.29, 1.82) is 0 Å². The summed E-state index contributed by atoms with van der Waals surface area (Å²) in [6.45, 7) is 5.66. The highest BCUT2D eigenvalue weighted by atomic mass is 79.9. The molecule has 0 unspecified atom stereocenters. The van der Waals surface area contributed by atoms with E-state index in [0.29, 0.717) is 12.5 Å². The predicted octanol–water partition coefficient (Wildman–Crippen LogP) is 3.63. The molecule has 0 fully saturated rings. The lowest BCUT2D eigenvalue weighted by atomic mass is 10.2. The summed E-state index contributed by atoms with van der Waals surface area (Å²) >= 11 is 3.41. The Balaban J connectivity index is 2.60. The van der Waals surface area contributed by atoms with Crippen LogP contribution in [0.25, 0.3) is 0 Å². The fourth-order valence-electron chi connectivity index (χ4n) is 1.24. The Morgan fingerprint density at radius 2 is 2.07 bits per heavy atom. The van der Waals surface area contributed by atoms with Gasteiger partial charge in [0.05, 0.1) is 13.7 Å². The molecule has 0 heterocycles. The van der Waals surface area contributed by atoms with Gasteiger partial charge in [0, 0.05) is 16.6 Å². The van der Waals surface area contributed by atoms with Crippen LogP contribution in [0.4, 0.5) is 0 Å². The Bertz CT molecular complexity index is 310. The zero-order valence-electron chi connectivity index (χ0n) is 9.42. The van der Waals surface area contributed by atoms with Gasteiger partial charge < -0.3 is 9.47 Å². The number of rotatable bonds is 5. The summed E-state index contributed by atoms with van der Waals surface area (Å²) in [6.07, 6.45) is 0. The van der Waals surface area contributed by atoms with Gasteiger partial charge in [0.15, 0.2) is 0 Å². The molecule has 15 heavy (non-hydrogen) atoms. The van der Waals surface area contributed by atoms with Crippen molar-refractivity contribution in [2.45, 2.75) is 20.5 Å². The monoisotopic (exact) mass is 272 g/mol. The molecule has 1 rings (SSSR count). The second-order valence-electron chi connectivity index (χ2n) is 3.87. The van der Waals surface area contributed by atoms with E-state index in [4.69, 9.17) is 9.47 Å². The van der Waals surface area contributed by atoms with Crippen LogP contribution in [0.15, 0.2) is 22.7 Å². The average molecular weight is 273 g/mol. The average Bonchev–Trinajstić information content (AvgIpc) is 2.19. The molecular weight excluding hydrogens is 256 g/mol. The molecule has 0 N–H and O–H groups in total. The Morgan fingerprint density at radius 3 is 2.67 bits per heavy atom. The SMILES string of the molecule is COc1cc(Br)ccc1COCC(C)C. The van der Waals surface area contributed by atoms with Crippen LogP contribution < -0.4 is 4.74 Å². The largest absolute Gasteiger partial charge is 0.496 e. The first-order valence-corrected chi connectivity index (χ1v) is 5.83. The minimum Gasteiger partial charge on any atom is -0.496 e. The molecule has 0 saturated carbocycles. The number of halogens is 1. The maximum atomic E-state index is 5.57. The van der Waals surface area contributed by atoms with Crippen molar-refractivity contribution < 1.29 is 9.47 Å². The quantitative estimate of drug-likeness (QED) is 0.815. The van der Waals surface area contributed by atoms with Crippen molar-refractivity contribution in [2.75, 3.05) is 13.7 Å². The number of hydrogen-bond donors (Lipinski definition) is 0. The number of ether oxygens (including phenoxy) is 2. The third-order valence-electron chi connectivity index (χ3n) is 1.96. The molecule has 0 saturated heterocycles. The molecule has 0 radical (unpaired) electrons. The van der Waals surface area contributed by atoms with E-state index in [1.807, 2.05) is 18.2 Å². The van der Waals surface area contributed by atoms with Crippen LogP contribution >= 0.6 is 15.9 Å². The standard InChI is InChI=1S/C12H17BrO2/c1-9(2)7-15-8-10-4-5-11(13)6-12(10)14-3/h4-6,9H,7-8H2,1-3H3. The van der Waals surface area contributed by atoms with Gasteiger partial charge in [-0.2, -0.15) is 0 Å². The minimum atomic E-state index is 0.562. The van der Waals surface area contributed by atoms with Gasteiger partial charge in [-0.05, 0) is 18.1 Å². The van der Waals surface area contributed by atoms with Gasteiger partial charge in [-0.1, -0.05) is 35.8 Å². The second kappa shape index (κ2) is 6.13. The maximum absolute atomic E-state index is 5.57. The Morgan fingerprint density at radius 1 is 1.33 bits per heavy atom. The summed E-state index contributed by atoms with van der Waals surface area (Å²) < 4.78 is 11.9. The zero-order chi connectivity index (χ0) is 11.3. The molecule has 0 aromatic heterocycles. The molecule has 1 aromatic carbocycles. The topological polar surface area (TPSA) is 18.5 Å². The van der Waals surface area contributed by atoms with Crippen LogP contribution in [-0.4, -0.2) is 13.7 Å². The van der Waals surface area contributed by atoms with Crippen molar-refractivity contribution in [1.82, 2.24) is 0 Å². The molecule has 1 aromatic rings. The van der Waals surface area contributed by atoms with Gasteiger partial charge in [-0.3, -0.25) is 0 Å². The third kappa shape index (κ3) is 4.22. The van der Waals surface area contributed by atoms with Crippen molar-refractivity contribution in [2.24, 2.45) is 5.92 Å². The summed E-state index contributed by atoms with van der Waals surface area (Å²) in [6, 6.07) is 5.97. The Kier molecular flexibility index (Phi) is 5.12. The summed E-state index contributed by atoms with van der Waals surface area (Å²) in [4.78, 5) is 0. The minimum absolute atomic E-state index is 0.562. The second-order valence-corrected chi connectivity index (χ2v) is 4.78. The fourth-order valence-corrected chi connectivity index (χ4v) is 1.58. The van der Waals surface area contributed by atoms with E-state index in [1.54, 1.807) is 7.11 Å². The van der Waals surface area contributed by atoms with Crippen LogP contribution in [0.1, 0.15) is 19.4 Å². The van der Waals surface area contributed by atoms with Crippen LogP contribution in [0.5, 0.6) is 5.75 Å². The predicted molar refractivity (Wildman–Crippen MR) is 65.2 cm³/mol. The highest BCUT2D eigenvalue weighted by molar-refractivity contribution is 9.10. The van der Waals surface area contributed by atoms with E-state index in [9.17, 15) is 0 Å². The van der Waals surface area contributed by atoms with Crippen molar-refractivity contribution in [3.05, 3.63) is 28.2 Å². The summed E-state index contributed by atoms with van der Waals surface area (Å²) in [5.41, 5.74) is 1.08. The molecule has 0 bridgehead atoms.